The zero-order chi connectivity index (χ0) is 14.8. The third-order valence-electron chi connectivity index (χ3n) is 2.77. The summed E-state index contributed by atoms with van der Waals surface area (Å²) < 4.78 is 26.4. The molecule has 0 amide bonds. The molecule has 0 atom stereocenters. The second-order valence-corrected chi connectivity index (χ2v) is 4.21. The molecule has 0 saturated heterocycles. The number of hydrogen-bond donors (Lipinski definition) is 2. The van der Waals surface area contributed by atoms with Crippen LogP contribution in [0.15, 0.2) is 30.5 Å². The number of benzene rings is 1. The van der Waals surface area contributed by atoms with E-state index in [0.29, 0.717) is 10.9 Å². The Labute approximate surface area is 112 Å². The Morgan fingerprint density at radius 2 is 2.10 bits per heavy atom. The van der Waals surface area contributed by atoms with E-state index in [4.69, 9.17) is 5.73 Å². The minimum Gasteiger partial charge on any atom is -0.373 e. The number of nitro groups is 1. The van der Waals surface area contributed by atoms with Gasteiger partial charge in [-0.15, -0.1) is 0 Å². The Kier molecular flexibility index (Phi) is 3.75. The summed E-state index contributed by atoms with van der Waals surface area (Å²) in [5, 5.41) is 13.8. The third kappa shape index (κ3) is 2.80. The Morgan fingerprint density at radius 1 is 1.40 bits per heavy atom. The Morgan fingerprint density at radius 3 is 2.75 bits per heavy atom. The molecule has 20 heavy (non-hydrogen) atoms. The van der Waals surface area contributed by atoms with Crippen molar-refractivity contribution < 1.29 is 13.7 Å². The molecule has 0 aliphatic heterocycles. The van der Waals surface area contributed by atoms with Gasteiger partial charge in [-0.25, -0.2) is 13.8 Å². The van der Waals surface area contributed by atoms with Gasteiger partial charge in [0.1, 0.15) is 11.9 Å². The van der Waals surface area contributed by atoms with Crippen molar-refractivity contribution in [2.45, 2.75) is 5.92 Å². The third-order valence-corrected chi connectivity index (χ3v) is 2.77. The standard InChI is InChI=1S/C12H12F2N4O2/c13-12(14,6-15)7-17-11-8-3-1-2-4-9(8)16-5-10(11)18(19)20/h1-5H,6-7,15H2,(H,16,17). The molecule has 3 N–H and O–H groups in total. The number of nitrogens with one attached hydrogen (secondary N) is 1. The van der Waals surface area contributed by atoms with Crippen molar-refractivity contribution in [2.75, 3.05) is 18.4 Å². The lowest BCUT2D eigenvalue weighted by atomic mass is 10.1. The van der Waals surface area contributed by atoms with Crippen LogP contribution < -0.4 is 11.1 Å². The lowest BCUT2D eigenvalue weighted by molar-refractivity contribution is -0.384. The highest BCUT2D eigenvalue weighted by Gasteiger charge is 2.28. The molecule has 1 aromatic heterocycles. The van der Waals surface area contributed by atoms with E-state index in [1.54, 1.807) is 24.3 Å². The molecular formula is C12H12F2N4O2. The number of hydrogen-bond acceptors (Lipinski definition) is 5. The molecule has 0 saturated carbocycles. The molecule has 0 spiro atoms. The predicted molar refractivity (Wildman–Crippen MR) is 70.9 cm³/mol. The second-order valence-electron chi connectivity index (χ2n) is 4.21. The van der Waals surface area contributed by atoms with Gasteiger partial charge in [-0.3, -0.25) is 10.1 Å². The summed E-state index contributed by atoms with van der Waals surface area (Å²) in [6.07, 6.45) is 1.05. The van der Waals surface area contributed by atoms with E-state index in [-0.39, 0.29) is 11.4 Å². The van der Waals surface area contributed by atoms with Gasteiger partial charge in [-0.2, -0.15) is 0 Å². The number of nitrogens with two attached hydrogens (primary N) is 1. The summed E-state index contributed by atoms with van der Waals surface area (Å²) in [6.45, 7) is -1.62. The molecule has 0 aliphatic rings. The topological polar surface area (TPSA) is 94.1 Å². The van der Waals surface area contributed by atoms with Crippen LogP contribution in [0.3, 0.4) is 0 Å². The largest absolute Gasteiger partial charge is 0.373 e. The van der Waals surface area contributed by atoms with Gasteiger partial charge in [0.05, 0.1) is 23.5 Å². The molecule has 8 heteroatoms. The van der Waals surface area contributed by atoms with Crippen LogP contribution in [0, 0.1) is 10.1 Å². The minimum atomic E-state index is -3.14. The first-order valence-electron chi connectivity index (χ1n) is 5.78. The number of pyridine rings is 1. The molecule has 1 aromatic carbocycles. The Balaban J connectivity index is 2.47. The molecule has 0 unspecified atom stereocenters. The summed E-state index contributed by atoms with van der Waals surface area (Å²) in [6, 6.07) is 6.59. The fourth-order valence-corrected chi connectivity index (χ4v) is 1.74. The van der Waals surface area contributed by atoms with Gasteiger partial charge >= 0.3 is 5.69 Å². The molecular weight excluding hydrogens is 270 g/mol. The van der Waals surface area contributed by atoms with E-state index in [1.807, 2.05) is 0 Å². The van der Waals surface area contributed by atoms with Gasteiger partial charge in [0.15, 0.2) is 0 Å². The molecule has 106 valence electrons. The van der Waals surface area contributed by atoms with Crippen LogP contribution in [0.4, 0.5) is 20.2 Å². The maximum Gasteiger partial charge on any atom is 0.311 e. The number of halogens is 2. The highest BCUT2D eigenvalue weighted by Crippen LogP contribution is 2.31. The lowest BCUT2D eigenvalue weighted by Gasteiger charge is -2.16. The highest BCUT2D eigenvalue weighted by atomic mass is 19.3. The van der Waals surface area contributed by atoms with Crippen molar-refractivity contribution in [1.82, 2.24) is 4.98 Å². The van der Waals surface area contributed by atoms with Gasteiger partial charge in [0, 0.05) is 5.39 Å². The van der Waals surface area contributed by atoms with E-state index >= 15 is 0 Å². The molecule has 6 nitrogen and oxygen atoms in total. The van der Waals surface area contributed by atoms with Gasteiger partial charge in [-0.05, 0) is 6.07 Å². The number of alkyl halides is 2. The number of rotatable bonds is 5. The molecule has 0 radical (unpaired) electrons. The molecule has 0 aliphatic carbocycles. The number of nitrogens with zero attached hydrogens (tertiary/aromatic N) is 2. The number of anilines is 1. The van der Waals surface area contributed by atoms with E-state index < -0.39 is 23.9 Å². The zero-order valence-electron chi connectivity index (χ0n) is 10.3. The van der Waals surface area contributed by atoms with Crippen molar-refractivity contribution >= 4 is 22.3 Å². The van der Waals surface area contributed by atoms with Gasteiger partial charge in [0.2, 0.25) is 0 Å². The van der Waals surface area contributed by atoms with Crippen molar-refractivity contribution in [3.05, 3.63) is 40.6 Å². The van der Waals surface area contributed by atoms with Crippen molar-refractivity contribution in [3.63, 3.8) is 0 Å². The second kappa shape index (κ2) is 5.33. The number of fused-ring (bicyclic) bond motifs is 1. The van der Waals surface area contributed by atoms with Crippen LogP contribution in [0.2, 0.25) is 0 Å². The van der Waals surface area contributed by atoms with E-state index in [0.717, 1.165) is 6.20 Å². The lowest BCUT2D eigenvalue weighted by Crippen LogP contribution is -2.35. The van der Waals surface area contributed by atoms with Gasteiger partial charge in [0.25, 0.3) is 5.92 Å². The monoisotopic (exact) mass is 282 g/mol. The maximum atomic E-state index is 13.2. The zero-order valence-corrected chi connectivity index (χ0v) is 10.3. The molecule has 0 fully saturated rings. The summed E-state index contributed by atoms with van der Waals surface area (Å²) in [4.78, 5) is 14.2. The van der Waals surface area contributed by atoms with Crippen LogP contribution in [0.5, 0.6) is 0 Å². The van der Waals surface area contributed by atoms with Crippen LogP contribution in [-0.4, -0.2) is 28.9 Å². The van der Waals surface area contributed by atoms with Gasteiger partial charge < -0.3 is 11.1 Å². The Hall–Kier alpha value is -2.35. The first-order valence-corrected chi connectivity index (χ1v) is 5.78. The van der Waals surface area contributed by atoms with Crippen LogP contribution in [-0.2, 0) is 0 Å². The molecule has 0 bridgehead atoms. The summed E-state index contributed by atoms with van der Waals surface area (Å²) in [5.41, 5.74) is 5.10. The normalized spacial score (nSPS) is 11.6. The highest BCUT2D eigenvalue weighted by molar-refractivity contribution is 5.95. The first-order chi connectivity index (χ1) is 9.44. The van der Waals surface area contributed by atoms with Crippen molar-refractivity contribution in [2.24, 2.45) is 5.73 Å². The van der Waals surface area contributed by atoms with Gasteiger partial charge in [-0.1, -0.05) is 18.2 Å². The average Bonchev–Trinajstić information content (AvgIpc) is 2.44. The predicted octanol–water partition coefficient (Wildman–Crippen LogP) is 2.15. The quantitative estimate of drug-likeness (QED) is 0.647. The van der Waals surface area contributed by atoms with Crippen LogP contribution in [0.25, 0.3) is 10.9 Å². The average molecular weight is 282 g/mol. The van der Waals surface area contributed by atoms with E-state index in [1.165, 1.54) is 0 Å². The molecule has 2 rings (SSSR count). The summed E-state index contributed by atoms with van der Waals surface area (Å²) >= 11 is 0. The maximum absolute atomic E-state index is 13.2. The molecule has 1 heterocycles. The summed E-state index contributed by atoms with van der Waals surface area (Å²) in [7, 11) is 0. The SMILES string of the molecule is NCC(F)(F)CNc1c([N+](=O)[O-])cnc2ccccc12. The first kappa shape index (κ1) is 14.1. The van der Waals surface area contributed by atoms with Crippen LogP contribution in [0.1, 0.15) is 0 Å². The molecule has 2 aromatic rings. The Bertz CT molecular complexity index is 648. The number of aromatic nitrogens is 1. The fourth-order valence-electron chi connectivity index (χ4n) is 1.74. The fraction of sp³-hybridized carbons (Fsp3) is 0.250. The van der Waals surface area contributed by atoms with E-state index in [9.17, 15) is 18.9 Å². The number of para-hydroxylation sites is 1. The smallest absolute Gasteiger partial charge is 0.311 e. The van der Waals surface area contributed by atoms with Crippen LogP contribution >= 0.6 is 0 Å². The van der Waals surface area contributed by atoms with Crippen molar-refractivity contribution in [1.29, 1.82) is 0 Å². The van der Waals surface area contributed by atoms with Crippen molar-refractivity contribution in [3.8, 4) is 0 Å². The minimum absolute atomic E-state index is 0.0220. The summed E-state index contributed by atoms with van der Waals surface area (Å²) in [5.74, 6) is -3.14. The van der Waals surface area contributed by atoms with E-state index in [2.05, 4.69) is 10.3 Å².